The smallest absolute Gasteiger partial charge is 0.416 e. The van der Waals surface area contributed by atoms with E-state index in [0.29, 0.717) is 12.1 Å². The van der Waals surface area contributed by atoms with Crippen molar-refractivity contribution in [3.63, 3.8) is 0 Å². The third-order valence-corrected chi connectivity index (χ3v) is 6.34. The molecule has 218 valence electrons. The van der Waals surface area contributed by atoms with Crippen molar-refractivity contribution in [1.29, 1.82) is 5.26 Å². The number of rotatable bonds is 5. The van der Waals surface area contributed by atoms with E-state index in [1.165, 1.54) is 0 Å². The largest absolute Gasteiger partial charge is 0.446 e. The standard InChI is InChI=1S/C26H24F9N3O2/c1-4-19-11-22(20-10-16(24(27,28)29)5-6-21(20)38(19)23(39)40-14(2)3)37(13-36)12-15-7-17(25(30,31)32)9-18(8-15)26(33,34)35/h5-10,14,19,22H,4,11-12H2,1-3H3/t19-,22+/m1/s1. The van der Waals surface area contributed by atoms with Crippen LogP contribution in [0.25, 0.3) is 0 Å². The second-order valence-electron chi connectivity index (χ2n) is 9.53. The van der Waals surface area contributed by atoms with Gasteiger partial charge in [-0.25, -0.2) is 4.79 Å². The van der Waals surface area contributed by atoms with Gasteiger partial charge in [-0.15, -0.1) is 0 Å². The predicted molar refractivity (Wildman–Crippen MR) is 125 cm³/mol. The lowest BCUT2D eigenvalue weighted by Crippen LogP contribution is -2.47. The highest BCUT2D eigenvalue weighted by Crippen LogP contribution is 2.45. The zero-order chi connectivity index (χ0) is 30.2. The molecule has 1 aliphatic rings. The van der Waals surface area contributed by atoms with Gasteiger partial charge in [0.2, 0.25) is 0 Å². The van der Waals surface area contributed by atoms with E-state index in [4.69, 9.17) is 4.74 Å². The molecule has 0 bridgehead atoms. The summed E-state index contributed by atoms with van der Waals surface area (Å²) in [4.78, 5) is 14.9. The van der Waals surface area contributed by atoms with Crippen molar-refractivity contribution < 1.29 is 49.0 Å². The van der Waals surface area contributed by atoms with Gasteiger partial charge >= 0.3 is 24.6 Å². The topological polar surface area (TPSA) is 56.6 Å². The molecule has 5 nitrogen and oxygen atoms in total. The monoisotopic (exact) mass is 581 g/mol. The lowest BCUT2D eigenvalue weighted by atomic mass is 9.87. The lowest BCUT2D eigenvalue weighted by Gasteiger charge is -2.43. The molecule has 0 aromatic heterocycles. The van der Waals surface area contributed by atoms with Crippen LogP contribution in [-0.2, 0) is 29.8 Å². The molecule has 0 N–H and O–H groups in total. The molecule has 2 aromatic carbocycles. The van der Waals surface area contributed by atoms with Crippen LogP contribution in [0, 0.1) is 11.5 Å². The number of carbonyl (C=O) groups is 1. The molecular weight excluding hydrogens is 557 g/mol. The second-order valence-corrected chi connectivity index (χ2v) is 9.53. The normalized spacial score (nSPS) is 17.9. The average Bonchev–Trinajstić information content (AvgIpc) is 2.83. The summed E-state index contributed by atoms with van der Waals surface area (Å²) >= 11 is 0. The Morgan fingerprint density at radius 2 is 1.52 bits per heavy atom. The summed E-state index contributed by atoms with van der Waals surface area (Å²) in [6.45, 7) is 4.05. The molecular formula is C26H24F9N3O2. The van der Waals surface area contributed by atoms with Crippen molar-refractivity contribution in [2.75, 3.05) is 4.90 Å². The van der Waals surface area contributed by atoms with Crippen LogP contribution < -0.4 is 4.90 Å². The quantitative estimate of drug-likeness (QED) is 0.203. The van der Waals surface area contributed by atoms with Gasteiger partial charge < -0.3 is 4.74 Å². The molecule has 3 rings (SSSR count). The van der Waals surface area contributed by atoms with Crippen LogP contribution in [0.2, 0.25) is 0 Å². The Bertz CT molecular complexity index is 1250. The minimum atomic E-state index is -5.13. The fourth-order valence-electron chi connectivity index (χ4n) is 4.58. The van der Waals surface area contributed by atoms with Gasteiger partial charge in [0.25, 0.3) is 0 Å². The highest BCUT2D eigenvalue weighted by molar-refractivity contribution is 5.90. The summed E-state index contributed by atoms with van der Waals surface area (Å²) in [5.74, 6) is 0. The average molecular weight is 581 g/mol. The lowest BCUT2D eigenvalue weighted by molar-refractivity contribution is -0.143. The van der Waals surface area contributed by atoms with E-state index >= 15 is 0 Å². The molecule has 0 saturated carbocycles. The Morgan fingerprint density at radius 3 is 1.98 bits per heavy atom. The first-order valence-electron chi connectivity index (χ1n) is 12.0. The molecule has 1 heterocycles. The van der Waals surface area contributed by atoms with Crippen LogP contribution >= 0.6 is 0 Å². The van der Waals surface area contributed by atoms with Crippen molar-refractivity contribution in [1.82, 2.24) is 4.90 Å². The van der Waals surface area contributed by atoms with E-state index in [0.717, 1.165) is 28.0 Å². The van der Waals surface area contributed by atoms with Gasteiger partial charge in [-0.2, -0.15) is 44.8 Å². The zero-order valence-corrected chi connectivity index (χ0v) is 21.4. The molecule has 0 aliphatic carbocycles. The Balaban J connectivity index is 2.15. The third-order valence-electron chi connectivity index (χ3n) is 6.34. The number of nitriles is 1. The Morgan fingerprint density at radius 1 is 0.975 bits per heavy atom. The van der Waals surface area contributed by atoms with Crippen LogP contribution in [0.15, 0.2) is 36.4 Å². The SMILES string of the molecule is CC[C@@H]1C[C@H](N(C#N)Cc2cc(C(F)(F)F)cc(C(F)(F)F)c2)c2cc(C(F)(F)F)ccc2N1C(=O)OC(C)C. The number of carbonyl (C=O) groups excluding carboxylic acids is 1. The van der Waals surface area contributed by atoms with E-state index in [1.54, 1.807) is 27.0 Å². The van der Waals surface area contributed by atoms with Gasteiger partial charge in [0, 0.05) is 6.04 Å². The minimum absolute atomic E-state index is 0.0120. The second kappa shape index (κ2) is 11.1. The molecule has 0 radical (unpaired) electrons. The predicted octanol–water partition coefficient (Wildman–Crippen LogP) is 8.30. The first-order valence-corrected chi connectivity index (χ1v) is 12.0. The van der Waals surface area contributed by atoms with Gasteiger partial charge in [0.1, 0.15) is 0 Å². The molecule has 0 saturated heterocycles. The van der Waals surface area contributed by atoms with E-state index in [-0.39, 0.29) is 30.2 Å². The summed E-state index contributed by atoms with van der Waals surface area (Å²) in [5.41, 5.74) is -4.97. The molecule has 0 unspecified atom stereocenters. The van der Waals surface area contributed by atoms with Gasteiger partial charge in [-0.1, -0.05) is 6.92 Å². The molecule has 1 amide bonds. The number of ether oxygens (including phenoxy) is 1. The first kappa shape index (κ1) is 30.9. The van der Waals surface area contributed by atoms with Crippen molar-refractivity contribution in [3.05, 3.63) is 64.2 Å². The number of hydrogen-bond donors (Lipinski definition) is 0. The number of amides is 1. The number of nitrogens with zero attached hydrogens (tertiary/aromatic N) is 3. The number of hydrogen-bond acceptors (Lipinski definition) is 4. The fourth-order valence-corrected chi connectivity index (χ4v) is 4.58. The molecule has 2 atom stereocenters. The fraction of sp³-hybridized carbons (Fsp3) is 0.462. The Labute approximate surface area is 223 Å². The zero-order valence-electron chi connectivity index (χ0n) is 21.4. The summed E-state index contributed by atoms with van der Waals surface area (Å²) < 4.78 is 126. The van der Waals surface area contributed by atoms with Crippen LogP contribution in [0.4, 0.5) is 50.0 Å². The number of alkyl halides is 9. The third kappa shape index (κ3) is 6.74. The number of fused-ring (bicyclic) bond motifs is 1. The van der Waals surface area contributed by atoms with Gasteiger partial charge in [0.05, 0.1) is 41.1 Å². The van der Waals surface area contributed by atoms with Crippen molar-refractivity contribution >= 4 is 11.8 Å². The number of benzene rings is 2. The highest BCUT2D eigenvalue weighted by Gasteiger charge is 2.42. The van der Waals surface area contributed by atoms with Gasteiger partial charge in [-0.3, -0.25) is 9.80 Å². The summed E-state index contributed by atoms with van der Waals surface area (Å²) in [5, 5.41) is 9.91. The maximum Gasteiger partial charge on any atom is 0.416 e. The van der Waals surface area contributed by atoms with Crippen LogP contribution in [-0.4, -0.2) is 23.1 Å². The molecule has 40 heavy (non-hydrogen) atoms. The van der Waals surface area contributed by atoms with Gasteiger partial charge in [-0.05, 0) is 74.2 Å². The Kier molecular flexibility index (Phi) is 8.57. The molecule has 2 aromatic rings. The number of halogens is 9. The highest BCUT2D eigenvalue weighted by atomic mass is 19.4. The van der Waals surface area contributed by atoms with Crippen molar-refractivity contribution in [2.45, 2.75) is 76.9 Å². The molecule has 1 aliphatic heterocycles. The van der Waals surface area contributed by atoms with E-state index < -0.39 is 71.6 Å². The van der Waals surface area contributed by atoms with E-state index in [1.807, 2.05) is 0 Å². The van der Waals surface area contributed by atoms with Gasteiger partial charge in [0.15, 0.2) is 6.19 Å². The van der Waals surface area contributed by atoms with E-state index in [2.05, 4.69) is 0 Å². The molecule has 0 spiro atoms. The molecule has 0 fully saturated rings. The summed E-state index contributed by atoms with van der Waals surface area (Å²) in [6, 6.07) is 1.44. The van der Waals surface area contributed by atoms with Crippen LogP contribution in [0.5, 0.6) is 0 Å². The van der Waals surface area contributed by atoms with Crippen molar-refractivity contribution in [3.8, 4) is 6.19 Å². The molecule has 14 heteroatoms. The van der Waals surface area contributed by atoms with Crippen LogP contribution in [0.3, 0.4) is 0 Å². The van der Waals surface area contributed by atoms with E-state index in [9.17, 15) is 49.6 Å². The Hall–Kier alpha value is -3.63. The summed E-state index contributed by atoms with van der Waals surface area (Å²) in [6.07, 6.45) is -14.7. The van der Waals surface area contributed by atoms with Crippen LogP contribution in [0.1, 0.15) is 67.5 Å². The number of anilines is 1. The minimum Gasteiger partial charge on any atom is -0.446 e. The maximum absolute atomic E-state index is 13.6. The maximum atomic E-state index is 13.6. The summed E-state index contributed by atoms with van der Waals surface area (Å²) in [7, 11) is 0. The first-order chi connectivity index (χ1) is 18.4. The van der Waals surface area contributed by atoms with Crippen molar-refractivity contribution in [2.24, 2.45) is 0 Å².